The quantitative estimate of drug-likeness (QED) is 0.0417. The van der Waals surface area contributed by atoms with Gasteiger partial charge in [0.25, 0.3) is 0 Å². The average Bonchev–Trinajstić information content (AvgIpc) is 3.34. The number of ether oxygens (including phenoxy) is 1. The minimum Gasteiger partial charge on any atom is -0.466 e. The summed E-state index contributed by atoms with van der Waals surface area (Å²) in [6, 6.07) is -0.536. The van der Waals surface area contributed by atoms with Crippen molar-refractivity contribution >= 4 is 11.9 Å². The van der Waals surface area contributed by atoms with Crippen LogP contribution in [-0.4, -0.2) is 47.4 Å². The molecule has 3 N–H and O–H groups in total. The maximum atomic E-state index is 12.4. The van der Waals surface area contributed by atoms with Gasteiger partial charge in [-0.3, -0.25) is 9.59 Å². The van der Waals surface area contributed by atoms with Crippen molar-refractivity contribution in [3.63, 3.8) is 0 Å². The van der Waals surface area contributed by atoms with Crippen molar-refractivity contribution < 1.29 is 24.5 Å². The van der Waals surface area contributed by atoms with Crippen molar-refractivity contribution in [3.05, 3.63) is 0 Å². The molecule has 0 aliphatic heterocycles. The summed E-state index contributed by atoms with van der Waals surface area (Å²) in [7, 11) is 0. The average molecular weight is 963 g/mol. The first-order chi connectivity index (χ1) is 33.5. The van der Waals surface area contributed by atoms with E-state index in [0.29, 0.717) is 25.9 Å². The Morgan fingerprint density at radius 3 is 0.897 bits per heavy atom. The normalized spacial score (nSPS) is 12.5. The second-order valence-electron chi connectivity index (χ2n) is 21.8. The molecule has 0 aromatic heterocycles. The maximum absolute atomic E-state index is 12.4. The van der Waals surface area contributed by atoms with E-state index in [1.54, 1.807) is 0 Å². The van der Waals surface area contributed by atoms with Crippen LogP contribution in [0, 0.1) is 0 Å². The Balaban J connectivity index is 3.30. The van der Waals surface area contributed by atoms with E-state index < -0.39 is 12.1 Å². The zero-order valence-corrected chi connectivity index (χ0v) is 46.4. The molecular formula is C62H123NO5. The molecule has 406 valence electrons. The molecule has 1 amide bonds. The van der Waals surface area contributed by atoms with E-state index in [0.717, 1.165) is 38.5 Å². The van der Waals surface area contributed by atoms with Crippen LogP contribution in [-0.2, 0) is 14.3 Å². The van der Waals surface area contributed by atoms with E-state index in [4.69, 9.17) is 4.74 Å². The number of hydrogen-bond donors (Lipinski definition) is 3. The van der Waals surface area contributed by atoms with Crippen molar-refractivity contribution in [2.24, 2.45) is 0 Å². The zero-order valence-electron chi connectivity index (χ0n) is 46.4. The Morgan fingerprint density at radius 1 is 0.353 bits per heavy atom. The minimum absolute atomic E-state index is 0.0210. The third-order valence-corrected chi connectivity index (χ3v) is 14.9. The van der Waals surface area contributed by atoms with Crippen LogP contribution in [0.4, 0.5) is 0 Å². The van der Waals surface area contributed by atoms with Gasteiger partial charge < -0.3 is 20.3 Å². The predicted octanol–water partition coefficient (Wildman–Crippen LogP) is 19.5. The van der Waals surface area contributed by atoms with Crippen molar-refractivity contribution in [3.8, 4) is 0 Å². The van der Waals surface area contributed by atoms with E-state index >= 15 is 0 Å². The molecule has 68 heavy (non-hydrogen) atoms. The van der Waals surface area contributed by atoms with Crippen molar-refractivity contribution in [1.29, 1.82) is 0 Å². The molecule has 2 atom stereocenters. The molecule has 0 aromatic carbocycles. The molecule has 6 nitrogen and oxygen atoms in total. The van der Waals surface area contributed by atoms with Crippen LogP contribution in [0.15, 0.2) is 0 Å². The Bertz CT molecular complexity index is 975. The summed E-state index contributed by atoms with van der Waals surface area (Å²) in [4.78, 5) is 24.5. The fourth-order valence-electron chi connectivity index (χ4n) is 10.1. The van der Waals surface area contributed by atoms with Gasteiger partial charge in [0, 0.05) is 12.8 Å². The van der Waals surface area contributed by atoms with Gasteiger partial charge in [0.05, 0.1) is 25.4 Å². The van der Waals surface area contributed by atoms with E-state index in [1.807, 2.05) is 0 Å². The van der Waals surface area contributed by atoms with Crippen LogP contribution in [0.1, 0.15) is 361 Å². The first-order valence-electron chi connectivity index (χ1n) is 31.3. The van der Waals surface area contributed by atoms with Crippen LogP contribution in [0.3, 0.4) is 0 Å². The summed E-state index contributed by atoms with van der Waals surface area (Å²) >= 11 is 0. The van der Waals surface area contributed by atoms with E-state index in [-0.39, 0.29) is 18.5 Å². The topological polar surface area (TPSA) is 95.9 Å². The zero-order chi connectivity index (χ0) is 49.3. The van der Waals surface area contributed by atoms with E-state index in [2.05, 4.69) is 19.2 Å². The van der Waals surface area contributed by atoms with Crippen molar-refractivity contribution in [1.82, 2.24) is 5.32 Å². The fourth-order valence-corrected chi connectivity index (χ4v) is 10.1. The molecule has 0 aromatic rings. The molecular weight excluding hydrogens is 839 g/mol. The Hall–Kier alpha value is -1.14. The Morgan fingerprint density at radius 2 is 0.603 bits per heavy atom. The lowest BCUT2D eigenvalue weighted by Gasteiger charge is -2.22. The van der Waals surface area contributed by atoms with Crippen molar-refractivity contribution in [2.45, 2.75) is 373 Å². The summed E-state index contributed by atoms with van der Waals surface area (Å²) in [5.41, 5.74) is 0. The summed E-state index contributed by atoms with van der Waals surface area (Å²) in [6.45, 7) is 4.97. The number of unbranched alkanes of at least 4 members (excludes halogenated alkanes) is 48. The molecule has 0 rings (SSSR count). The molecule has 0 saturated heterocycles. The van der Waals surface area contributed by atoms with Crippen LogP contribution < -0.4 is 5.32 Å². The molecule has 0 bridgehead atoms. The molecule has 0 aliphatic rings. The molecule has 0 saturated carbocycles. The van der Waals surface area contributed by atoms with Gasteiger partial charge in [-0.1, -0.05) is 322 Å². The fraction of sp³-hybridized carbons (Fsp3) is 0.968. The maximum Gasteiger partial charge on any atom is 0.305 e. The largest absolute Gasteiger partial charge is 0.466 e. The first kappa shape index (κ1) is 66.9. The highest BCUT2D eigenvalue weighted by atomic mass is 16.5. The molecule has 0 fully saturated rings. The van der Waals surface area contributed by atoms with E-state index in [9.17, 15) is 19.8 Å². The lowest BCUT2D eigenvalue weighted by Crippen LogP contribution is -2.45. The number of nitrogens with one attached hydrogen (secondary N) is 1. The second-order valence-corrected chi connectivity index (χ2v) is 21.8. The Labute approximate surface area is 426 Å². The molecule has 2 unspecified atom stereocenters. The Kier molecular flexibility index (Phi) is 57.5. The number of carbonyl (C=O) groups excluding carboxylic acids is 2. The lowest BCUT2D eigenvalue weighted by atomic mass is 10.0. The third-order valence-electron chi connectivity index (χ3n) is 14.9. The van der Waals surface area contributed by atoms with Crippen LogP contribution in [0.5, 0.6) is 0 Å². The van der Waals surface area contributed by atoms with Crippen LogP contribution >= 0.6 is 0 Å². The molecule has 0 heterocycles. The lowest BCUT2D eigenvalue weighted by molar-refractivity contribution is -0.143. The smallest absolute Gasteiger partial charge is 0.305 e. The first-order valence-corrected chi connectivity index (χ1v) is 31.3. The van der Waals surface area contributed by atoms with Gasteiger partial charge in [0.1, 0.15) is 0 Å². The number of carbonyl (C=O) groups is 2. The predicted molar refractivity (Wildman–Crippen MR) is 297 cm³/mol. The summed E-state index contributed by atoms with van der Waals surface area (Å²) in [5.74, 6) is -0.0104. The van der Waals surface area contributed by atoms with Crippen LogP contribution in [0.25, 0.3) is 0 Å². The molecule has 0 aliphatic carbocycles. The minimum atomic E-state index is -0.658. The van der Waals surface area contributed by atoms with Gasteiger partial charge in [-0.25, -0.2) is 0 Å². The summed E-state index contributed by atoms with van der Waals surface area (Å²) in [6.07, 6.45) is 68.5. The molecule has 6 heteroatoms. The summed E-state index contributed by atoms with van der Waals surface area (Å²) < 4.78 is 5.48. The third kappa shape index (κ3) is 54.2. The number of aliphatic hydroxyl groups excluding tert-OH is 2. The highest BCUT2D eigenvalue weighted by Crippen LogP contribution is 2.19. The number of amides is 1. The standard InChI is InChI=1S/C62H123NO5/c1-3-5-7-9-11-13-15-32-36-40-44-48-52-56-62(67)68-57-53-49-45-41-37-34-31-29-27-25-23-21-19-17-16-18-20-22-24-26-28-30-33-35-39-43-47-51-55-61(66)63-59(58-64)60(65)54-50-46-42-38-14-12-10-8-6-4-2/h59-60,64-65H,3-58H2,1-2H3,(H,63,66). The second kappa shape index (κ2) is 58.4. The highest BCUT2D eigenvalue weighted by Gasteiger charge is 2.20. The van der Waals surface area contributed by atoms with Gasteiger partial charge in [-0.05, 0) is 25.7 Å². The highest BCUT2D eigenvalue weighted by molar-refractivity contribution is 5.76. The van der Waals surface area contributed by atoms with Gasteiger partial charge in [0.15, 0.2) is 0 Å². The van der Waals surface area contributed by atoms with E-state index in [1.165, 1.54) is 289 Å². The summed E-state index contributed by atoms with van der Waals surface area (Å²) in [5, 5.41) is 23.2. The SMILES string of the molecule is CCCCCCCCCCCCCCCC(=O)OCCCCCCCCCCCCCCCCCCCCCCCCCCCCCCC(=O)NC(CO)C(O)CCCCCCCCCCCC. The van der Waals surface area contributed by atoms with Gasteiger partial charge >= 0.3 is 5.97 Å². The van der Waals surface area contributed by atoms with Crippen LogP contribution in [0.2, 0.25) is 0 Å². The van der Waals surface area contributed by atoms with Gasteiger partial charge in [-0.2, -0.15) is 0 Å². The molecule has 0 radical (unpaired) electrons. The van der Waals surface area contributed by atoms with Crippen molar-refractivity contribution in [2.75, 3.05) is 13.2 Å². The molecule has 0 spiro atoms. The monoisotopic (exact) mass is 962 g/mol. The number of hydrogen-bond acceptors (Lipinski definition) is 5. The van der Waals surface area contributed by atoms with Gasteiger partial charge in [-0.15, -0.1) is 0 Å². The number of aliphatic hydroxyl groups is 2. The number of esters is 1. The number of rotatable bonds is 59. The van der Waals surface area contributed by atoms with Gasteiger partial charge in [0.2, 0.25) is 5.91 Å².